The molecule has 4 N–H and O–H groups in total. The number of piperidine rings is 1. The smallest absolute Gasteiger partial charge is 0.318 e. The first-order chi connectivity index (χ1) is 10.0. The first-order valence-corrected chi connectivity index (χ1v) is 8.45. The quantitative estimate of drug-likeness (QED) is 0.540. The minimum atomic E-state index is -0.613. The highest BCUT2D eigenvalue weighted by atomic mass is 16.2. The Hall–Kier alpha value is -1.26. The third-order valence-corrected chi connectivity index (χ3v) is 5.01. The summed E-state index contributed by atoms with van der Waals surface area (Å²) in [7, 11) is 0. The normalized spacial score (nSPS) is 26.5. The molecule has 0 spiro atoms. The minimum Gasteiger partial charge on any atom is -0.386 e. The minimum absolute atomic E-state index is 0.0303. The van der Waals surface area contributed by atoms with Crippen LogP contribution in [0.15, 0.2) is 0 Å². The summed E-state index contributed by atoms with van der Waals surface area (Å²) >= 11 is 0. The Bertz CT molecular complexity index is 374. The Balaban J connectivity index is 2.03. The van der Waals surface area contributed by atoms with Crippen molar-refractivity contribution in [1.29, 1.82) is 5.41 Å². The monoisotopic (exact) mass is 294 g/mol. The van der Waals surface area contributed by atoms with E-state index in [-0.39, 0.29) is 11.9 Å². The second-order valence-electron chi connectivity index (χ2n) is 6.89. The van der Waals surface area contributed by atoms with Gasteiger partial charge in [-0.05, 0) is 31.6 Å². The van der Waals surface area contributed by atoms with E-state index in [4.69, 9.17) is 11.1 Å². The number of urea groups is 1. The maximum Gasteiger partial charge on any atom is 0.318 e. The second-order valence-corrected chi connectivity index (χ2v) is 6.89. The highest BCUT2D eigenvalue weighted by Crippen LogP contribution is 2.27. The van der Waals surface area contributed by atoms with Gasteiger partial charge in [-0.2, -0.15) is 0 Å². The van der Waals surface area contributed by atoms with E-state index in [9.17, 15) is 4.79 Å². The van der Waals surface area contributed by atoms with Gasteiger partial charge in [-0.25, -0.2) is 4.79 Å². The van der Waals surface area contributed by atoms with Crippen LogP contribution in [-0.2, 0) is 0 Å². The fourth-order valence-corrected chi connectivity index (χ4v) is 3.63. The van der Waals surface area contributed by atoms with Gasteiger partial charge in [0.2, 0.25) is 0 Å². The number of carbonyl (C=O) groups is 1. The molecule has 2 fully saturated rings. The molecule has 0 radical (unpaired) electrons. The van der Waals surface area contributed by atoms with Crippen molar-refractivity contribution < 1.29 is 4.79 Å². The number of amides is 2. The predicted octanol–water partition coefficient (Wildman–Crippen LogP) is 2.85. The molecular formula is C16H30N4O. The summed E-state index contributed by atoms with van der Waals surface area (Å²) in [5.74, 6) is 0.693. The third kappa shape index (κ3) is 4.11. The van der Waals surface area contributed by atoms with Crippen molar-refractivity contribution in [3.8, 4) is 0 Å². The number of carbonyl (C=O) groups excluding carboxylic acids is 1. The average molecular weight is 294 g/mol. The molecule has 0 aromatic heterocycles. The summed E-state index contributed by atoms with van der Waals surface area (Å²) < 4.78 is 0. The lowest BCUT2D eigenvalue weighted by Crippen LogP contribution is -2.61. The molecule has 1 unspecified atom stereocenters. The standard InChI is InChI=1S/C16H30N4O/c1-13-8-7-11-20(12-13)15(21)19-16(14(17)18)9-5-3-2-4-6-10-16/h13H,2-12H2,1H3,(H3,17,18)(H,19,21). The van der Waals surface area contributed by atoms with E-state index < -0.39 is 5.54 Å². The van der Waals surface area contributed by atoms with Crippen LogP contribution in [-0.4, -0.2) is 35.4 Å². The van der Waals surface area contributed by atoms with E-state index in [1.54, 1.807) is 0 Å². The molecule has 1 aliphatic heterocycles. The molecule has 1 atom stereocenters. The van der Waals surface area contributed by atoms with Gasteiger partial charge in [-0.15, -0.1) is 0 Å². The fraction of sp³-hybridized carbons (Fsp3) is 0.875. The molecule has 0 bridgehead atoms. The highest BCUT2D eigenvalue weighted by Gasteiger charge is 2.36. The zero-order valence-electron chi connectivity index (χ0n) is 13.3. The maximum atomic E-state index is 12.6. The summed E-state index contributed by atoms with van der Waals surface area (Å²) in [5, 5.41) is 11.1. The van der Waals surface area contributed by atoms with Crippen LogP contribution < -0.4 is 11.1 Å². The van der Waals surface area contributed by atoms with Crippen molar-refractivity contribution in [2.24, 2.45) is 11.7 Å². The summed E-state index contributed by atoms with van der Waals surface area (Å²) in [6, 6.07) is -0.0303. The molecule has 5 heteroatoms. The van der Waals surface area contributed by atoms with Gasteiger partial charge in [-0.1, -0.05) is 39.0 Å². The van der Waals surface area contributed by atoms with Crippen molar-refractivity contribution in [3.05, 3.63) is 0 Å². The topological polar surface area (TPSA) is 82.2 Å². The Kier molecular flexibility index (Phi) is 5.48. The summed E-state index contributed by atoms with van der Waals surface area (Å²) in [4.78, 5) is 14.5. The first kappa shape index (κ1) is 16.1. The zero-order valence-corrected chi connectivity index (χ0v) is 13.3. The molecular weight excluding hydrogens is 264 g/mol. The van der Waals surface area contributed by atoms with Gasteiger partial charge in [0, 0.05) is 13.1 Å². The number of rotatable bonds is 2. The van der Waals surface area contributed by atoms with E-state index in [1.165, 1.54) is 25.7 Å². The molecule has 0 aromatic carbocycles. The summed E-state index contributed by atoms with van der Waals surface area (Å²) in [5.41, 5.74) is 5.26. The van der Waals surface area contributed by atoms with E-state index in [1.807, 2.05) is 4.90 Å². The molecule has 5 nitrogen and oxygen atoms in total. The average Bonchev–Trinajstić information content (AvgIpc) is 2.41. The zero-order chi connectivity index (χ0) is 15.3. The number of hydrogen-bond acceptors (Lipinski definition) is 2. The Morgan fingerprint density at radius 1 is 1.19 bits per heavy atom. The Morgan fingerprint density at radius 2 is 1.81 bits per heavy atom. The number of hydrogen-bond donors (Lipinski definition) is 3. The van der Waals surface area contributed by atoms with Gasteiger partial charge in [0.15, 0.2) is 0 Å². The predicted molar refractivity (Wildman–Crippen MR) is 85.5 cm³/mol. The molecule has 2 rings (SSSR count). The van der Waals surface area contributed by atoms with Crippen molar-refractivity contribution in [2.75, 3.05) is 13.1 Å². The largest absolute Gasteiger partial charge is 0.386 e. The molecule has 1 heterocycles. The molecule has 120 valence electrons. The van der Waals surface area contributed by atoms with Crippen LogP contribution in [0, 0.1) is 11.3 Å². The highest BCUT2D eigenvalue weighted by molar-refractivity contribution is 5.91. The van der Waals surface area contributed by atoms with Gasteiger partial charge >= 0.3 is 6.03 Å². The first-order valence-electron chi connectivity index (χ1n) is 8.45. The van der Waals surface area contributed by atoms with Crippen LogP contribution in [0.3, 0.4) is 0 Å². The van der Waals surface area contributed by atoms with Gasteiger partial charge in [-0.3, -0.25) is 5.41 Å². The molecule has 21 heavy (non-hydrogen) atoms. The SMILES string of the molecule is CC1CCCN(C(=O)NC2(C(=N)N)CCCCCCC2)C1. The summed E-state index contributed by atoms with van der Waals surface area (Å²) in [6.07, 6.45) is 9.55. The van der Waals surface area contributed by atoms with Gasteiger partial charge < -0.3 is 16.0 Å². The molecule has 0 aromatic rings. The van der Waals surface area contributed by atoms with Crippen LogP contribution in [0.5, 0.6) is 0 Å². The van der Waals surface area contributed by atoms with Gasteiger partial charge in [0.1, 0.15) is 5.84 Å². The lowest BCUT2D eigenvalue weighted by atomic mass is 9.83. The number of nitrogens with two attached hydrogens (primary N) is 1. The van der Waals surface area contributed by atoms with Crippen LogP contribution in [0.4, 0.5) is 4.79 Å². The van der Waals surface area contributed by atoms with Crippen LogP contribution in [0.2, 0.25) is 0 Å². The van der Waals surface area contributed by atoms with Crippen LogP contribution >= 0.6 is 0 Å². The maximum absolute atomic E-state index is 12.6. The lowest BCUT2D eigenvalue weighted by molar-refractivity contribution is 0.159. The van der Waals surface area contributed by atoms with E-state index in [0.29, 0.717) is 5.92 Å². The van der Waals surface area contributed by atoms with E-state index in [0.717, 1.165) is 45.2 Å². The molecule has 2 amide bonds. The van der Waals surface area contributed by atoms with E-state index >= 15 is 0 Å². The van der Waals surface area contributed by atoms with Crippen LogP contribution in [0.25, 0.3) is 0 Å². The van der Waals surface area contributed by atoms with Crippen LogP contribution in [0.1, 0.15) is 64.7 Å². The number of nitrogens with zero attached hydrogens (tertiary/aromatic N) is 1. The number of likely N-dealkylation sites (tertiary alicyclic amines) is 1. The van der Waals surface area contributed by atoms with Crippen molar-refractivity contribution in [1.82, 2.24) is 10.2 Å². The van der Waals surface area contributed by atoms with Gasteiger partial charge in [0.25, 0.3) is 0 Å². The second kappa shape index (κ2) is 7.14. The van der Waals surface area contributed by atoms with Crippen molar-refractivity contribution >= 4 is 11.9 Å². The lowest BCUT2D eigenvalue weighted by Gasteiger charge is -2.39. The van der Waals surface area contributed by atoms with Crippen molar-refractivity contribution in [2.45, 2.75) is 70.3 Å². The molecule has 1 saturated heterocycles. The summed E-state index contributed by atoms with van der Waals surface area (Å²) in [6.45, 7) is 3.83. The molecule has 2 aliphatic rings. The van der Waals surface area contributed by atoms with Crippen molar-refractivity contribution in [3.63, 3.8) is 0 Å². The van der Waals surface area contributed by atoms with Gasteiger partial charge in [0.05, 0.1) is 5.54 Å². The fourth-order valence-electron chi connectivity index (χ4n) is 3.63. The Morgan fingerprint density at radius 3 is 2.38 bits per heavy atom. The Labute approximate surface area is 128 Å². The van der Waals surface area contributed by atoms with E-state index in [2.05, 4.69) is 12.2 Å². The third-order valence-electron chi connectivity index (χ3n) is 5.01. The number of amidine groups is 1. The molecule has 1 saturated carbocycles. The molecule has 1 aliphatic carbocycles. The number of nitrogens with one attached hydrogen (secondary N) is 2.